The lowest BCUT2D eigenvalue weighted by molar-refractivity contribution is 0.0916. The average Bonchev–Trinajstić information content (AvgIpc) is 3.18. The first-order valence-electron chi connectivity index (χ1n) is 7.07. The molecule has 1 aromatic heterocycles. The van der Waals surface area contributed by atoms with Crippen molar-refractivity contribution in [3.63, 3.8) is 0 Å². The lowest BCUT2D eigenvalue weighted by Gasteiger charge is -2.21. The molecule has 1 saturated carbocycles. The molecular weight excluding hydrogens is 301 g/mol. The number of nitriles is 1. The molecule has 1 amide bonds. The number of aromatic nitrogens is 1. The summed E-state index contributed by atoms with van der Waals surface area (Å²) in [5.74, 6) is -0.636. The number of carbonyl (C=O) groups excluding carboxylic acids is 1. The van der Waals surface area contributed by atoms with Gasteiger partial charge in [-0.1, -0.05) is 0 Å². The molecule has 0 atom stereocenters. The molecule has 4 nitrogen and oxygen atoms in total. The Balaban J connectivity index is 1.77. The zero-order chi connectivity index (χ0) is 15.6. The summed E-state index contributed by atoms with van der Waals surface area (Å²) in [5.41, 5.74) is 0.309. The van der Waals surface area contributed by atoms with E-state index in [0.29, 0.717) is 23.5 Å². The van der Waals surface area contributed by atoms with Crippen LogP contribution in [0.25, 0.3) is 10.6 Å². The zero-order valence-corrected chi connectivity index (χ0v) is 12.6. The molecule has 1 aliphatic carbocycles. The van der Waals surface area contributed by atoms with Crippen LogP contribution in [0, 0.1) is 17.1 Å². The molecule has 6 heteroatoms. The molecule has 0 unspecified atom stereocenters. The second-order valence-corrected chi connectivity index (χ2v) is 6.26. The van der Waals surface area contributed by atoms with E-state index in [1.165, 1.54) is 23.5 Å². The molecule has 2 aromatic rings. The molecule has 1 aliphatic rings. The van der Waals surface area contributed by atoms with Crippen molar-refractivity contribution in [3.8, 4) is 16.6 Å². The maximum absolute atomic E-state index is 12.9. The van der Waals surface area contributed by atoms with Gasteiger partial charge in [-0.15, -0.1) is 11.3 Å². The van der Waals surface area contributed by atoms with Crippen molar-refractivity contribution in [2.24, 2.45) is 0 Å². The SMILES string of the molecule is N#CC1(NC(=O)c2csc(-c3ccc(F)cc3)n2)CCCC1. The van der Waals surface area contributed by atoms with Gasteiger partial charge in [-0.2, -0.15) is 5.26 Å². The van der Waals surface area contributed by atoms with Crippen molar-refractivity contribution >= 4 is 17.2 Å². The summed E-state index contributed by atoms with van der Waals surface area (Å²) in [5, 5.41) is 14.4. The number of benzene rings is 1. The van der Waals surface area contributed by atoms with Crippen LogP contribution in [0.5, 0.6) is 0 Å². The molecule has 1 aromatic carbocycles. The lowest BCUT2D eigenvalue weighted by Crippen LogP contribution is -2.45. The van der Waals surface area contributed by atoms with E-state index in [1.54, 1.807) is 17.5 Å². The second kappa shape index (κ2) is 5.85. The summed E-state index contributed by atoms with van der Waals surface area (Å²) < 4.78 is 12.9. The van der Waals surface area contributed by atoms with Crippen LogP contribution in [0.1, 0.15) is 36.2 Å². The molecule has 0 saturated heterocycles. The summed E-state index contributed by atoms with van der Waals surface area (Å²) in [6, 6.07) is 8.20. The molecule has 112 valence electrons. The number of halogens is 1. The quantitative estimate of drug-likeness (QED) is 0.942. The molecule has 22 heavy (non-hydrogen) atoms. The van der Waals surface area contributed by atoms with E-state index in [2.05, 4.69) is 16.4 Å². The van der Waals surface area contributed by atoms with Gasteiger partial charge in [0.1, 0.15) is 22.1 Å². The fraction of sp³-hybridized carbons (Fsp3) is 0.312. The number of amides is 1. The Morgan fingerprint density at radius 2 is 2.00 bits per heavy atom. The summed E-state index contributed by atoms with van der Waals surface area (Å²) >= 11 is 1.32. The first kappa shape index (κ1) is 14.7. The monoisotopic (exact) mass is 315 g/mol. The molecule has 1 heterocycles. The highest BCUT2D eigenvalue weighted by atomic mass is 32.1. The number of thiazole rings is 1. The number of nitrogens with one attached hydrogen (secondary N) is 1. The van der Waals surface area contributed by atoms with Gasteiger partial charge in [-0.25, -0.2) is 9.37 Å². The summed E-state index contributed by atoms with van der Waals surface area (Å²) in [4.78, 5) is 16.6. The van der Waals surface area contributed by atoms with E-state index in [1.807, 2.05) is 0 Å². The minimum absolute atomic E-state index is 0.297. The van der Waals surface area contributed by atoms with Crippen molar-refractivity contribution in [1.29, 1.82) is 5.26 Å². The molecule has 3 rings (SSSR count). The second-order valence-electron chi connectivity index (χ2n) is 5.40. The molecule has 0 spiro atoms. The summed E-state index contributed by atoms with van der Waals surface area (Å²) in [7, 11) is 0. The number of carbonyl (C=O) groups is 1. The van der Waals surface area contributed by atoms with Crippen molar-refractivity contribution in [2.45, 2.75) is 31.2 Å². The van der Waals surface area contributed by atoms with Gasteiger partial charge in [0.2, 0.25) is 0 Å². The predicted molar refractivity (Wildman–Crippen MR) is 81.8 cm³/mol. The highest BCUT2D eigenvalue weighted by molar-refractivity contribution is 7.13. The third kappa shape index (κ3) is 2.85. The predicted octanol–water partition coefficient (Wildman–Crippen LogP) is 3.52. The largest absolute Gasteiger partial charge is 0.332 e. The number of hydrogen-bond donors (Lipinski definition) is 1. The van der Waals surface area contributed by atoms with Crippen LogP contribution in [0.2, 0.25) is 0 Å². The van der Waals surface area contributed by atoms with Crippen LogP contribution in [-0.4, -0.2) is 16.4 Å². The lowest BCUT2D eigenvalue weighted by atomic mass is 10.00. The summed E-state index contributed by atoms with van der Waals surface area (Å²) in [6.07, 6.45) is 3.27. The van der Waals surface area contributed by atoms with Gasteiger partial charge >= 0.3 is 0 Å². The molecular formula is C16H14FN3OS. The Kier molecular flexibility index (Phi) is 3.90. The van der Waals surface area contributed by atoms with Crippen molar-refractivity contribution in [3.05, 3.63) is 41.2 Å². The van der Waals surface area contributed by atoms with Gasteiger partial charge in [0, 0.05) is 10.9 Å². The van der Waals surface area contributed by atoms with Gasteiger partial charge in [-0.3, -0.25) is 4.79 Å². The number of hydrogen-bond acceptors (Lipinski definition) is 4. The van der Waals surface area contributed by atoms with Crippen molar-refractivity contribution in [1.82, 2.24) is 10.3 Å². The van der Waals surface area contributed by atoms with E-state index in [-0.39, 0.29) is 11.7 Å². The highest BCUT2D eigenvalue weighted by Gasteiger charge is 2.36. The third-order valence-electron chi connectivity index (χ3n) is 3.85. The fourth-order valence-electron chi connectivity index (χ4n) is 2.63. The molecule has 0 radical (unpaired) electrons. The standard InChI is InChI=1S/C16H14FN3OS/c17-12-5-3-11(4-6-12)15-19-13(9-22-15)14(21)20-16(10-18)7-1-2-8-16/h3-6,9H,1-2,7-8H2,(H,20,21). The minimum Gasteiger partial charge on any atom is -0.332 e. The topological polar surface area (TPSA) is 65.8 Å². The Morgan fingerprint density at radius 3 is 2.64 bits per heavy atom. The van der Waals surface area contributed by atoms with Crippen molar-refractivity contribution in [2.75, 3.05) is 0 Å². The highest BCUT2D eigenvalue weighted by Crippen LogP contribution is 2.30. The van der Waals surface area contributed by atoms with Gasteiger partial charge in [-0.05, 0) is 49.9 Å². The van der Waals surface area contributed by atoms with Crippen LogP contribution in [0.3, 0.4) is 0 Å². The van der Waals surface area contributed by atoms with Crippen LogP contribution in [-0.2, 0) is 0 Å². The molecule has 0 bridgehead atoms. The zero-order valence-electron chi connectivity index (χ0n) is 11.8. The normalized spacial score (nSPS) is 16.2. The fourth-order valence-corrected chi connectivity index (χ4v) is 3.43. The van der Waals surface area contributed by atoms with E-state index >= 15 is 0 Å². The van der Waals surface area contributed by atoms with E-state index in [0.717, 1.165) is 18.4 Å². The third-order valence-corrected chi connectivity index (χ3v) is 4.74. The van der Waals surface area contributed by atoms with Gasteiger partial charge in [0.25, 0.3) is 5.91 Å². The molecule has 1 N–H and O–H groups in total. The number of nitrogens with zero attached hydrogens (tertiary/aromatic N) is 2. The van der Waals surface area contributed by atoms with Crippen molar-refractivity contribution < 1.29 is 9.18 Å². The Bertz CT molecular complexity index is 727. The average molecular weight is 315 g/mol. The smallest absolute Gasteiger partial charge is 0.272 e. The van der Waals surface area contributed by atoms with E-state index in [9.17, 15) is 14.4 Å². The summed E-state index contributed by atoms with van der Waals surface area (Å²) in [6.45, 7) is 0. The van der Waals surface area contributed by atoms with Crippen LogP contribution >= 0.6 is 11.3 Å². The maximum atomic E-state index is 12.9. The van der Waals surface area contributed by atoms with Crippen LogP contribution in [0.4, 0.5) is 4.39 Å². The Hall–Kier alpha value is -2.26. The minimum atomic E-state index is -0.753. The van der Waals surface area contributed by atoms with Gasteiger partial charge in [0.05, 0.1) is 6.07 Å². The van der Waals surface area contributed by atoms with E-state index < -0.39 is 5.54 Å². The Morgan fingerprint density at radius 1 is 1.32 bits per heavy atom. The maximum Gasteiger partial charge on any atom is 0.272 e. The van der Waals surface area contributed by atoms with Crippen LogP contribution in [0.15, 0.2) is 29.6 Å². The molecule has 0 aliphatic heterocycles. The first-order valence-corrected chi connectivity index (χ1v) is 7.95. The van der Waals surface area contributed by atoms with Crippen LogP contribution < -0.4 is 5.32 Å². The number of rotatable bonds is 3. The molecule has 1 fully saturated rings. The van der Waals surface area contributed by atoms with E-state index in [4.69, 9.17) is 0 Å². The first-order chi connectivity index (χ1) is 10.6. The Labute approximate surface area is 131 Å². The van der Waals surface area contributed by atoms with Gasteiger partial charge in [0.15, 0.2) is 0 Å². The van der Waals surface area contributed by atoms with Gasteiger partial charge < -0.3 is 5.32 Å².